The standard InChI is InChI=1S/C20H21ClN2O3/c1-23(12-15-5-2-3-8-18(15)21)19(24)13-26-17-7-4-6-16(11-17)22-20(25)14-9-10-14/h2-8,11,14H,9-10,12-13H2,1H3,(H,22,25). The van der Waals surface area contributed by atoms with Crippen molar-refractivity contribution in [1.82, 2.24) is 4.90 Å². The molecule has 6 heteroatoms. The van der Waals surface area contributed by atoms with E-state index in [-0.39, 0.29) is 24.3 Å². The number of halogens is 1. The molecule has 1 aliphatic carbocycles. The van der Waals surface area contributed by atoms with Crippen molar-refractivity contribution in [3.05, 3.63) is 59.1 Å². The van der Waals surface area contributed by atoms with Crippen LogP contribution in [-0.4, -0.2) is 30.4 Å². The van der Waals surface area contributed by atoms with Crippen LogP contribution >= 0.6 is 11.6 Å². The van der Waals surface area contributed by atoms with E-state index in [9.17, 15) is 9.59 Å². The third-order valence-electron chi connectivity index (χ3n) is 4.20. The maximum absolute atomic E-state index is 12.3. The highest BCUT2D eigenvalue weighted by Gasteiger charge is 2.29. The maximum atomic E-state index is 12.3. The first kappa shape index (κ1) is 18.3. The molecule has 2 aromatic carbocycles. The van der Waals surface area contributed by atoms with E-state index in [0.717, 1.165) is 18.4 Å². The van der Waals surface area contributed by atoms with E-state index in [0.29, 0.717) is 23.0 Å². The Morgan fingerprint density at radius 2 is 1.96 bits per heavy atom. The zero-order valence-corrected chi connectivity index (χ0v) is 15.3. The van der Waals surface area contributed by atoms with E-state index in [1.807, 2.05) is 18.2 Å². The number of ether oxygens (including phenoxy) is 1. The molecule has 0 aromatic heterocycles. The zero-order valence-electron chi connectivity index (χ0n) is 14.6. The van der Waals surface area contributed by atoms with Crippen LogP contribution in [0.4, 0.5) is 5.69 Å². The van der Waals surface area contributed by atoms with Crippen molar-refractivity contribution in [1.29, 1.82) is 0 Å². The molecular weight excluding hydrogens is 352 g/mol. The molecule has 0 spiro atoms. The summed E-state index contributed by atoms with van der Waals surface area (Å²) >= 11 is 6.13. The Bertz CT molecular complexity index is 805. The van der Waals surface area contributed by atoms with Crippen molar-refractivity contribution >= 4 is 29.1 Å². The predicted octanol–water partition coefficient (Wildman–Crippen LogP) is 3.73. The molecule has 1 saturated carbocycles. The van der Waals surface area contributed by atoms with Gasteiger partial charge in [0.25, 0.3) is 5.91 Å². The maximum Gasteiger partial charge on any atom is 0.260 e. The summed E-state index contributed by atoms with van der Waals surface area (Å²) in [4.78, 5) is 25.7. The van der Waals surface area contributed by atoms with Gasteiger partial charge in [-0.05, 0) is 36.6 Å². The minimum atomic E-state index is -0.155. The summed E-state index contributed by atoms with van der Waals surface area (Å²) in [6.45, 7) is 0.334. The largest absolute Gasteiger partial charge is 0.484 e. The van der Waals surface area contributed by atoms with E-state index in [2.05, 4.69) is 5.32 Å². The third kappa shape index (κ3) is 4.99. The number of hydrogen-bond donors (Lipinski definition) is 1. The van der Waals surface area contributed by atoms with Crippen LogP contribution in [0.2, 0.25) is 5.02 Å². The van der Waals surface area contributed by atoms with Gasteiger partial charge in [-0.3, -0.25) is 9.59 Å². The number of nitrogens with zero attached hydrogens (tertiary/aromatic N) is 1. The van der Waals surface area contributed by atoms with Gasteiger partial charge in [0.1, 0.15) is 5.75 Å². The van der Waals surface area contributed by atoms with Crippen LogP contribution in [0.15, 0.2) is 48.5 Å². The highest BCUT2D eigenvalue weighted by atomic mass is 35.5. The van der Waals surface area contributed by atoms with Crippen molar-refractivity contribution in [2.45, 2.75) is 19.4 Å². The average molecular weight is 373 g/mol. The monoisotopic (exact) mass is 372 g/mol. The number of carbonyl (C=O) groups is 2. The Morgan fingerprint density at radius 1 is 1.19 bits per heavy atom. The first-order chi connectivity index (χ1) is 12.5. The van der Waals surface area contributed by atoms with Crippen LogP contribution < -0.4 is 10.1 Å². The molecule has 2 amide bonds. The first-order valence-electron chi connectivity index (χ1n) is 8.54. The predicted molar refractivity (Wildman–Crippen MR) is 101 cm³/mol. The molecule has 136 valence electrons. The van der Waals surface area contributed by atoms with Crippen LogP contribution in [0.1, 0.15) is 18.4 Å². The SMILES string of the molecule is CN(Cc1ccccc1Cl)C(=O)COc1cccc(NC(=O)C2CC2)c1. The van der Waals surface area contributed by atoms with Crippen molar-refractivity contribution in [2.24, 2.45) is 5.92 Å². The fourth-order valence-electron chi connectivity index (χ4n) is 2.48. The molecule has 0 aliphatic heterocycles. The van der Waals surface area contributed by atoms with Crippen LogP contribution in [0.25, 0.3) is 0 Å². The number of carbonyl (C=O) groups excluding carboxylic acids is 2. The molecule has 2 aromatic rings. The second kappa shape index (κ2) is 8.23. The molecular formula is C20H21ClN2O3. The summed E-state index contributed by atoms with van der Waals surface area (Å²) in [7, 11) is 1.71. The Kier molecular flexibility index (Phi) is 5.78. The molecule has 3 rings (SSSR count). The lowest BCUT2D eigenvalue weighted by molar-refractivity contribution is -0.132. The van der Waals surface area contributed by atoms with E-state index in [1.165, 1.54) is 0 Å². The highest BCUT2D eigenvalue weighted by molar-refractivity contribution is 6.31. The van der Waals surface area contributed by atoms with E-state index >= 15 is 0 Å². The van der Waals surface area contributed by atoms with Gasteiger partial charge < -0.3 is 15.0 Å². The highest BCUT2D eigenvalue weighted by Crippen LogP contribution is 2.30. The summed E-state index contributed by atoms with van der Waals surface area (Å²) in [5.41, 5.74) is 1.56. The number of rotatable bonds is 7. The third-order valence-corrected chi connectivity index (χ3v) is 4.57. The summed E-state index contributed by atoms with van der Waals surface area (Å²) in [6, 6.07) is 14.5. The fourth-order valence-corrected chi connectivity index (χ4v) is 2.67. The lowest BCUT2D eigenvalue weighted by Gasteiger charge is -2.18. The molecule has 0 bridgehead atoms. The van der Waals surface area contributed by atoms with E-state index < -0.39 is 0 Å². The fraction of sp³-hybridized carbons (Fsp3) is 0.300. The molecule has 26 heavy (non-hydrogen) atoms. The number of amides is 2. The lowest BCUT2D eigenvalue weighted by atomic mass is 10.2. The number of hydrogen-bond acceptors (Lipinski definition) is 3. The molecule has 1 aliphatic rings. The van der Waals surface area contributed by atoms with Crippen LogP contribution in [0.3, 0.4) is 0 Å². The lowest BCUT2D eigenvalue weighted by Crippen LogP contribution is -2.31. The Balaban J connectivity index is 1.52. The summed E-state index contributed by atoms with van der Waals surface area (Å²) in [6.07, 6.45) is 1.91. The second-order valence-corrected chi connectivity index (χ2v) is 6.83. The minimum Gasteiger partial charge on any atom is -0.484 e. The Hall–Kier alpha value is -2.53. The van der Waals surface area contributed by atoms with E-state index in [1.54, 1.807) is 42.3 Å². The second-order valence-electron chi connectivity index (χ2n) is 6.42. The number of nitrogens with one attached hydrogen (secondary N) is 1. The summed E-state index contributed by atoms with van der Waals surface area (Å²) in [5, 5.41) is 3.50. The van der Waals surface area contributed by atoms with Crippen LogP contribution in [0, 0.1) is 5.92 Å². The van der Waals surface area contributed by atoms with Gasteiger partial charge >= 0.3 is 0 Å². The normalized spacial score (nSPS) is 13.2. The summed E-state index contributed by atoms with van der Waals surface area (Å²) in [5.74, 6) is 0.563. The van der Waals surface area contributed by atoms with Crippen molar-refractivity contribution in [3.63, 3.8) is 0 Å². The molecule has 0 atom stereocenters. The van der Waals surface area contributed by atoms with Crippen molar-refractivity contribution in [2.75, 3.05) is 19.0 Å². The summed E-state index contributed by atoms with van der Waals surface area (Å²) < 4.78 is 5.58. The molecule has 1 fully saturated rings. The minimum absolute atomic E-state index is 0.0395. The van der Waals surface area contributed by atoms with Gasteiger partial charge in [0.2, 0.25) is 5.91 Å². The van der Waals surface area contributed by atoms with Crippen molar-refractivity contribution in [3.8, 4) is 5.75 Å². The average Bonchev–Trinajstić information content (AvgIpc) is 3.47. The molecule has 0 radical (unpaired) electrons. The van der Waals surface area contributed by atoms with Gasteiger partial charge in [-0.1, -0.05) is 35.9 Å². The molecule has 0 saturated heterocycles. The zero-order chi connectivity index (χ0) is 18.5. The Labute approximate surface area is 157 Å². The van der Waals surface area contributed by atoms with Gasteiger partial charge in [-0.2, -0.15) is 0 Å². The molecule has 1 N–H and O–H groups in total. The van der Waals surface area contributed by atoms with Gasteiger partial charge in [0.05, 0.1) is 0 Å². The number of anilines is 1. The van der Waals surface area contributed by atoms with Crippen LogP contribution in [-0.2, 0) is 16.1 Å². The molecule has 0 unspecified atom stereocenters. The smallest absolute Gasteiger partial charge is 0.260 e. The topological polar surface area (TPSA) is 58.6 Å². The number of benzene rings is 2. The van der Waals surface area contributed by atoms with Gasteiger partial charge in [-0.25, -0.2) is 0 Å². The van der Waals surface area contributed by atoms with Gasteiger partial charge in [-0.15, -0.1) is 0 Å². The van der Waals surface area contributed by atoms with E-state index in [4.69, 9.17) is 16.3 Å². The first-order valence-corrected chi connectivity index (χ1v) is 8.92. The quantitative estimate of drug-likeness (QED) is 0.805. The molecule has 5 nitrogen and oxygen atoms in total. The Morgan fingerprint density at radius 3 is 2.69 bits per heavy atom. The van der Waals surface area contributed by atoms with Gasteiger partial charge in [0, 0.05) is 36.3 Å². The molecule has 0 heterocycles. The van der Waals surface area contributed by atoms with Crippen LogP contribution in [0.5, 0.6) is 5.75 Å². The van der Waals surface area contributed by atoms with Crippen molar-refractivity contribution < 1.29 is 14.3 Å². The number of likely N-dealkylation sites (N-methyl/N-ethyl adjacent to an activating group) is 1. The van der Waals surface area contributed by atoms with Gasteiger partial charge in [0.15, 0.2) is 6.61 Å².